The lowest BCUT2D eigenvalue weighted by Crippen LogP contribution is -1.99. The highest BCUT2D eigenvalue weighted by atomic mass is 19.1. The molecule has 1 aromatic rings. The first-order valence-corrected chi connectivity index (χ1v) is 6.35. The summed E-state index contributed by atoms with van der Waals surface area (Å²) in [6.07, 6.45) is 6.04. The van der Waals surface area contributed by atoms with Crippen molar-refractivity contribution in [1.29, 1.82) is 0 Å². The maximum absolute atomic E-state index is 13.4. The molecule has 0 spiro atoms. The second-order valence-corrected chi connectivity index (χ2v) is 4.32. The third-order valence-electron chi connectivity index (χ3n) is 2.73. The SMILES string of the molecule is CCCCCCCOCc1ccc(N)cc1F. The molecule has 3 heteroatoms. The van der Waals surface area contributed by atoms with Gasteiger partial charge in [0.1, 0.15) is 5.82 Å². The second-order valence-electron chi connectivity index (χ2n) is 4.32. The fraction of sp³-hybridized carbons (Fsp3) is 0.571. The van der Waals surface area contributed by atoms with Crippen LogP contribution in [0.2, 0.25) is 0 Å². The molecule has 0 aliphatic rings. The molecule has 0 aliphatic carbocycles. The predicted molar refractivity (Wildman–Crippen MR) is 69.2 cm³/mol. The van der Waals surface area contributed by atoms with E-state index in [1.807, 2.05) is 0 Å². The minimum absolute atomic E-state index is 0.281. The van der Waals surface area contributed by atoms with Crippen molar-refractivity contribution in [1.82, 2.24) is 0 Å². The monoisotopic (exact) mass is 239 g/mol. The number of nitrogens with two attached hydrogens (primary N) is 1. The van der Waals surface area contributed by atoms with Gasteiger partial charge in [0.15, 0.2) is 0 Å². The molecule has 0 bridgehead atoms. The molecule has 0 amide bonds. The molecule has 0 atom stereocenters. The molecule has 2 nitrogen and oxygen atoms in total. The van der Waals surface area contributed by atoms with Crippen LogP contribution in [-0.2, 0) is 11.3 Å². The molecular formula is C14H22FNO. The van der Waals surface area contributed by atoms with Crippen molar-refractivity contribution in [2.24, 2.45) is 0 Å². The number of nitrogen functional groups attached to an aromatic ring is 1. The van der Waals surface area contributed by atoms with Crippen molar-refractivity contribution in [3.05, 3.63) is 29.6 Å². The number of benzene rings is 1. The Morgan fingerprint density at radius 2 is 1.94 bits per heavy atom. The van der Waals surface area contributed by atoms with Gasteiger partial charge in [-0.15, -0.1) is 0 Å². The summed E-state index contributed by atoms with van der Waals surface area (Å²) < 4.78 is 18.8. The van der Waals surface area contributed by atoms with Crippen molar-refractivity contribution >= 4 is 5.69 Å². The van der Waals surface area contributed by atoms with E-state index in [9.17, 15) is 4.39 Å². The van der Waals surface area contributed by atoms with Crippen molar-refractivity contribution < 1.29 is 9.13 Å². The third-order valence-corrected chi connectivity index (χ3v) is 2.73. The highest BCUT2D eigenvalue weighted by molar-refractivity contribution is 5.40. The molecule has 0 saturated heterocycles. The number of ether oxygens (including phenoxy) is 1. The Kier molecular flexibility index (Phi) is 6.63. The van der Waals surface area contributed by atoms with Crippen LogP contribution in [0.3, 0.4) is 0 Å². The summed E-state index contributed by atoms with van der Waals surface area (Å²) >= 11 is 0. The highest BCUT2D eigenvalue weighted by Gasteiger charge is 2.02. The van der Waals surface area contributed by atoms with Crippen LogP contribution in [-0.4, -0.2) is 6.61 Å². The summed E-state index contributed by atoms with van der Waals surface area (Å²) in [4.78, 5) is 0. The summed E-state index contributed by atoms with van der Waals surface area (Å²) in [5, 5.41) is 0. The van der Waals surface area contributed by atoms with Crippen LogP contribution in [0, 0.1) is 5.82 Å². The van der Waals surface area contributed by atoms with Gasteiger partial charge in [-0.2, -0.15) is 0 Å². The minimum Gasteiger partial charge on any atom is -0.399 e. The number of halogens is 1. The Hall–Kier alpha value is -1.09. The van der Waals surface area contributed by atoms with Crippen molar-refractivity contribution in [3.63, 3.8) is 0 Å². The summed E-state index contributed by atoms with van der Waals surface area (Å²) in [7, 11) is 0. The predicted octanol–water partition coefficient (Wildman–Crippen LogP) is 3.89. The van der Waals surface area contributed by atoms with E-state index in [0.29, 0.717) is 24.5 Å². The quantitative estimate of drug-likeness (QED) is 0.551. The molecule has 0 unspecified atom stereocenters. The average Bonchev–Trinajstić information content (AvgIpc) is 2.30. The fourth-order valence-corrected chi connectivity index (χ4v) is 1.67. The molecule has 0 aromatic heterocycles. The summed E-state index contributed by atoms with van der Waals surface area (Å²) in [6.45, 7) is 3.23. The molecule has 17 heavy (non-hydrogen) atoms. The molecule has 1 rings (SSSR count). The molecule has 0 aliphatic heterocycles. The number of hydrogen-bond donors (Lipinski definition) is 1. The zero-order valence-electron chi connectivity index (χ0n) is 10.5. The van der Waals surface area contributed by atoms with Gasteiger partial charge in [0.05, 0.1) is 6.61 Å². The van der Waals surface area contributed by atoms with Crippen LogP contribution in [0.1, 0.15) is 44.6 Å². The van der Waals surface area contributed by atoms with Crippen LogP contribution in [0.5, 0.6) is 0 Å². The Labute approximate surface area is 103 Å². The molecule has 0 heterocycles. The van der Waals surface area contributed by atoms with Gasteiger partial charge in [0, 0.05) is 17.9 Å². The normalized spacial score (nSPS) is 10.7. The van der Waals surface area contributed by atoms with Crippen molar-refractivity contribution in [2.45, 2.75) is 45.6 Å². The molecule has 0 radical (unpaired) electrons. The first-order valence-electron chi connectivity index (χ1n) is 6.35. The van der Waals surface area contributed by atoms with Crippen molar-refractivity contribution in [3.8, 4) is 0 Å². The van der Waals surface area contributed by atoms with Gasteiger partial charge < -0.3 is 10.5 Å². The van der Waals surface area contributed by atoms with E-state index in [2.05, 4.69) is 6.92 Å². The van der Waals surface area contributed by atoms with Gasteiger partial charge in [0.25, 0.3) is 0 Å². The third kappa shape index (κ3) is 5.68. The number of rotatable bonds is 8. The van der Waals surface area contributed by atoms with Gasteiger partial charge in [-0.1, -0.05) is 38.7 Å². The highest BCUT2D eigenvalue weighted by Crippen LogP contribution is 2.13. The molecular weight excluding hydrogens is 217 g/mol. The smallest absolute Gasteiger partial charge is 0.130 e. The zero-order chi connectivity index (χ0) is 12.5. The van der Waals surface area contributed by atoms with E-state index < -0.39 is 0 Å². The fourth-order valence-electron chi connectivity index (χ4n) is 1.67. The zero-order valence-corrected chi connectivity index (χ0v) is 10.5. The Balaban J connectivity index is 2.14. The molecule has 0 fully saturated rings. The Bertz CT molecular complexity index is 328. The summed E-state index contributed by atoms with van der Waals surface area (Å²) in [6, 6.07) is 4.71. The Morgan fingerprint density at radius 3 is 2.65 bits per heavy atom. The van der Waals surface area contributed by atoms with Gasteiger partial charge >= 0.3 is 0 Å². The van der Waals surface area contributed by atoms with E-state index in [4.69, 9.17) is 10.5 Å². The van der Waals surface area contributed by atoms with E-state index in [0.717, 1.165) is 6.42 Å². The van der Waals surface area contributed by atoms with E-state index in [1.165, 1.54) is 31.7 Å². The lowest BCUT2D eigenvalue weighted by atomic mass is 10.2. The first-order chi connectivity index (χ1) is 8.24. The molecule has 2 N–H and O–H groups in total. The van der Waals surface area contributed by atoms with E-state index >= 15 is 0 Å². The van der Waals surface area contributed by atoms with Crippen LogP contribution < -0.4 is 5.73 Å². The second kappa shape index (κ2) is 8.07. The molecule has 1 aromatic carbocycles. The number of anilines is 1. The first kappa shape index (κ1) is 14.0. The summed E-state index contributed by atoms with van der Waals surface area (Å²) in [5.41, 5.74) is 6.50. The van der Waals surface area contributed by atoms with Gasteiger partial charge in [-0.3, -0.25) is 0 Å². The van der Waals surface area contributed by atoms with Crippen LogP contribution in [0.4, 0.5) is 10.1 Å². The largest absolute Gasteiger partial charge is 0.399 e. The van der Waals surface area contributed by atoms with Gasteiger partial charge in [0.2, 0.25) is 0 Å². The average molecular weight is 239 g/mol. The maximum atomic E-state index is 13.4. The molecule has 0 saturated carbocycles. The summed E-state index contributed by atoms with van der Waals surface area (Å²) in [5.74, 6) is -0.281. The maximum Gasteiger partial charge on any atom is 0.130 e. The number of hydrogen-bond acceptors (Lipinski definition) is 2. The number of unbranched alkanes of at least 4 members (excludes halogenated alkanes) is 4. The van der Waals surface area contributed by atoms with E-state index in [-0.39, 0.29) is 5.82 Å². The lowest BCUT2D eigenvalue weighted by molar-refractivity contribution is 0.114. The van der Waals surface area contributed by atoms with Gasteiger partial charge in [-0.05, 0) is 18.6 Å². The topological polar surface area (TPSA) is 35.2 Å². The molecule has 96 valence electrons. The van der Waals surface area contributed by atoms with Gasteiger partial charge in [-0.25, -0.2) is 4.39 Å². The Morgan fingerprint density at radius 1 is 1.18 bits per heavy atom. The van der Waals surface area contributed by atoms with Crippen LogP contribution in [0.15, 0.2) is 18.2 Å². The van der Waals surface area contributed by atoms with Crippen LogP contribution in [0.25, 0.3) is 0 Å². The van der Waals surface area contributed by atoms with Crippen LogP contribution >= 0.6 is 0 Å². The minimum atomic E-state index is -0.281. The lowest BCUT2D eigenvalue weighted by Gasteiger charge is -2.06. The van der Waals surface area contributed by atoms with E-state index in [1.54, 1.807) is 12.1 Å². The standard InChI is InChI=1S/C14H22FNO/c1-2-3-4-5-6-9-17-11-12-7-8-13(16)10-14(12)15/h7-8,10H,2-6,9,11,16H2,1H3. The van der Waals surface area contributed by atoms with Crippen molar-refractivity contribution in [2.75, 3.05) is 12.3 Å².